The number of hydrogen-bond acceptors (Lipinski definition) is 14. The maximum absolute atomic E-state index is 10.4. The molecule has 0 fully saturated rings. The van der Waals surface area contributed by atoms with E-state index in [-0.39, 0.29) is 86.2 Å². The number of esters is 4. The van der Waals surface area contributed by atoms with Crippen LogP contribution in [0.4, 0.5) is 0 Å². The molecular weight excluding hydrogens is 876 g/mol. The zero-order valence-corrected chi connectivity index (χ0v) is 35.8. The summed E-state index contributed by atoms with van der Waals surface area (Å²) in [5.74, 6) is -0.182. The molecule has 42 heavy (non-hydrogen) atoms. The third kappa shape index (κ3) is 64.3. The molecule has 0 rings (SSSR count). The van der Waals surface area contributed by atoms with Gasteiger partial charge in [-0.2, -0.15) is 50.5 Å². The summed E-state index contributed by atoms with van der Waals surface area (Å²) >= 11 is 14.7. The number of carbonyl (C=O) groups excluding carboxylic acids is 4. The van der Waals surface area contributed by atoms with Crippen molar-refractivity contribution in [2.45, 2.75) is 87.8 Å². The summed E-state index contributed by atoms with van der Waals surface area (Å²) in [4.78, 5) is 41.6. The van der Waals surface area contributed by atoms with Gasteiger partial charge < -0.3 is 18.9 Å². The van der Waals surface area contributed by atoms with E-state index in [2.05, 4.69) is 78.2 Å². The van der Waals surface area contributed by atoms with Crippen LogP contribution in [0.5, 0.6) is 0 Å². The summed E-state index contributed by atoms with van der Waals surface area (Å²) in [5.41, 5.74) is 0. The summed E-state index contributed by atoms with van der Waals surface area (Å²) in [6.07, 6.45) is 8.00. The first-order valence-corrected chi connectivity index (χ1v) is 26.9. The molecule has 0 aromatic carbocycles. The molecule has 0 radical (unpaired) electrons. The molecule has 0 aliphatic rings. The van der Waals surface area contributed by atoms with Gasteiger partial charge in [0.25, 0.3) is 0 Å². The number of carbonyl (C=O) groups is 4. The second-order valence-electron chi connectivity index (χ2n) is 7.63. The molecule has 0 aliphatic carbocycles. The second-order valence-corrected chi connectivity index (χ2v) is 16.4. The predicted molar refractivity (Wildman–Crippen MR) is 195 cm³/mol. The van der Waals surface area contributed by atoms with Gasteiger partial charge >= 0.3 is 90.3 Å². The first-order valence-electron chi connectivity index (χ1n) is 13.8. The van der Waals surface area contributed by atoms with Crippen LogP contribution in [0.25, 0.3) is 0 Å². The molecule has 0 amide bonds. The molecule has 8 nitrogen and oxygen atoms in total. The van der Waals surface area contributed by atoms with Gasteiger partial charge in [-0.05, 0) is 25.7 Å². The monoisotopic (exact) mass is 926 g/mol. The van der Waals surface area contributed by atoms with Crippen molar-refractivity contribution in [3.63, 3.8) is 0 Å². The van der Waals surface area contributed by atoms with Crippen LogP contribution in [-0.2, 0) is 38.1 Å². The van der Waals surface area contributed by atoms with E-state index >= 15 is 0 Å². The van der Waals surface area contributed by atoms with Crippen LogP contribution in [0.3, 0.4) is 0 Å². The standard InChI is InChI=1S/4C6H12O2S.C2H4.2S.2Sb/c4*1-2-3-4-8-6(7)5-9;1-2;;;;/h4*9H,2-5H2,1H3;1-2H2;;;;. The Morgan fingerprint density at radius 3 is 0.786 bits per heavy atom. The van der Waals surface area contributed by atoms with Crippen molar-refractivity contribution in [3.8, 4) is 0 Å². The quantitative estimate of drug-likeness (QED) is 0.0378. The van der Waals surface area contributed by atoms with Crippen molar-refractivity contribution >= 4 is 132 Å². The van der Waals surface area contributed by atoms with Gasteiger partial charge in [-0.15, -0.1) is 0 Å². The Morgan fingerprint density at radius 2 is 0.667 bits per heavy atom. The third-order valence-electron chi connectivity index (χ3n) is 3.84. The van der Waals surface area contributed by atoms with Crippen LogP contribution < -0.4 is 0 Å². The number of rotatable bonds is 19. The first-order chi connectivity index (χ1) is 20.1. The van der Waals surface area contributed by atoms with E-state index in [4.69, 9.17) is 37.3 Å². The van der Waals surface area contributed by atoms with Crippen LogP contribution in [0, 0.1) is 0 Å². The molecule has 16 heteroatoms. The number of hydrogen-bond donors (Lipinski definition) is 4. The average molecular weight is 929 g/mol. The van der Waals surface area contributed by atoms with Crippen molar-refractivity contribution in [2.75, 3.05) is 49.4 Å². The van der Waals surface area contributed by atoms with Crippen LogP contribution in [0.2, 0.25) is 8.73 Å². The van der Waals surface area contributed by atoms with Crippen LogP contribution in [0.15, 0.2) is 0 Å². The molecular formula is C26H52O8S6Sb2. The first kappa shape index (κ1) is 52.9. The summed E-state index contributed by atoms with van der Waals surface area (Å²) in [6, 6.07) is 0. The molecule has 0 spiro atoms. The van der Waals surface area contributed by atoms with Crippen LogP contribution in [0.1, 0.15) is 79.1 Å². The van der Waals surface area contributed by atoms with E-state index in [9.17, 15) is 19.2 Å². The zero-order valence-electron chi connectivity index (χ0n) is 25.5. The van der Waals surface area contributed by atoms with Gasteiger partial charge in [0.15, 0.2) is 0 Å². The Morgan fingerprint density at radius 1 is 0.476 bits per heavy atom. The van der Waals surface area contributed by atoms with E-state index in [0.29, 0.717) is 26.4 Å². The fraction of sp³-hybridized carbons (Fsp3) is 0.846. The Bertz CT molecular complexity index is 540. The third-order valence-corrected chi connectivity index (χ3v) is 12.8. The second kappa shape index (κ2) is 51.9. The molecule has 0 bridgehead atoms. The maximum atomic E-state index is 10.4. The van der Waals surface area contributed by atoms with E-state index in [1.54, 1.807) is 0 Å². The topological polar surface area (TPSA) is 105 Å². The number of unbranched alkanes of at least 4 members (excludes halogenated alkanes) is 4. The Kier molecular flexibility index (Phi) is 65.3. The summed E-state index contributed by atoms with van der Waals surface area (Å²) in [6.45, 7) is 10.4. The molecule has 0 aromatic rings. The van der Waals surface area contributed by atoms with E-state index in [1.165, 1.54) is 8.73 Å². The molecule has 0 saturated carbocycles. The Balaban J connectivity index is -0.000000137. The summed E-state index contributed by atoms with van der Waals surface area (Å²) in [7, 11) is 9.69. The molecule has 0 aliphatic heterocycles. The summed E-state index contributed by atoms with van der Waals surface area (Å²) in [5, 5.41) is 0. The zero-order chi connectivity index (χ0) is 33.3. The fourth-order valence-electron chi connectivity index (χ4n) is 1.59. The van der Waals surface area contributed by atoms with Gasteiger partial charge in [-0.25, -0.2) is 0 Å². The Labute approximate surface area is 304 Å². The van der Waals surface area contributed by atoms with Crippen LogP contribution >= 0.6 is 68.9 Å². The number of thiol groups is 4. The van der Waals surface area contributed by atoms with Crippen molar-refractivity contribution in [2.24, 2.45) is 0 Å². The normalized spacial score (nSPS) is 8.86. The van der Waals surface area contributed by atoms with Gasteiger partial charge in [-0.1, -0.05) is 53.4 Å². The summed E-state index contributed by atoms with van der Waals surface area (Å²) < 4.78 is 21.5. The molecule has 0 atom stereocenters. The van der Waals surface area contributed by atoms with Crippen molar-refractivity contribution in [1.29, 1.82) is 0 Å². The van der Waals surface area contributed by atoms with Gasteiger partial charge in [-0.3, -0.25) is 19.2 Å². The van der Waals surface area contributed by atoms with E-state index in [1.807, 2.05) is 0 Å². The van der Waals surface area contributed by atoms with E-state index < -0.39 is 0 Å². The molecule has 0 saturated heterocycles. The van der Waals surface area contributed by atoms with Crippen molar-refractivity contribution < 1.29 is 38.1 Å². The molecule has 0 aromatic heterocycles. The molecule has 250 valence electrons. The molecule has 0 N–H and O–H groups in total. The average Bonchev–Trinajstić information content (AvgIpc) is 3.01. The number of ether oxygens (including phenoxy) is 4. The minimum absolute atomic E-state index is 0.119. The van der Waals surface area contributed by atoms with Gasteiger partial charge in [0.05, 0.1) is 49.4 Å². The molecule has 0 unspecified atom stereocenters. The van der Waals surface area contributed by atoms with Gasteiger partial charge in [0.2, 0.25) is 0 Å². The fourth-order valence-corrected chi connectivity index (χ4v) is 12.9. The van der Waals surface area contributed by atoms with Crippen LogP contribution in [-0.4, -0.2) is 113 Å². The minimum atomic E-state index is -0.230. The SMILES string of the molecule is CCCCOC(=O)CS.CCCCOC(=O)CS.CCCCOC(=O)CS.CCCCOC(=O)CS.[S]=[Sb][CH2][CH2][Sb]=[S]. The van der Waals surface area contributed by atoms with Gasteiger partial charge in [0.1, 0.15) is 0 Å². The predicted octanol–water partition coefficient (Wildman–Crippen LogP) is 6.49. The Hall–Kier alpha value is 1.36. The van der Waals surface area contributed by atoms with Crippen molar-refractivity contribution in [3.05, 3.63) is 0 Å². The van der Waals surface area contributed by atoms with E-state index in [0.717, 1.165) is 51.4 Å². The van der Waals surface area contributed by atoms with Crippen molar-refractivity contribution in [1.82, 2.24) is 0 Å². The molecule has 0 heterocycles. The van der Waals surface area contributed by atoms with Gasteiger partial charge in [0, 0.05) is 0 Å².